The number of amides is 1. The summed E-state index contributed by atoms with van der Waals surface area (Å²) >= 11 is 6.09. The largest absolute Gasteiger partial charge is 0.497 e. The van der Waals surface area contributed by atoms with Crippen molar-refractivity contribution in [3.63, 3.8) is 0 Å². The number of nitrogens with zero attached hydrogens (tertiary/aromatic N) is 3. The van der Waals surface area contributed by atoms with Gasteiger partial charge in [-0.3, -0.25) is 4.79 Å². The summed E-state index contributed by atoms with van der Waals surface area (Å²) in [4.78, 5) is 16.5. The van der Waals surface area contributed by atoms with Crippen LogP contribution in [0, 0.1) is 6.92 Å². The maximum atomic E-state index is 12.5. The van der Waals surface area contributed by atoms with Crippen LogP contribution in [0.3, 0.4) is 0 Å². The number of ether oxygens (including phenoxy) is 2. The van der Waals surface area contributed by atoms with Crippen molar-refractivity contribution >= 4 is 23.2 Å². The topological polar surface area (TPSA) is 98.5 Å². The number of nitrogens with one attached hydrogen (secondary N) is 1. The Morgan fingerprint density at radius 2 is 1.97 bits per heavy atom. The van der Waals surface area contributed by atoms with Crippen LogP contribution in [-0.4, -0.2) is 40.0 Å². The Balaban J connectivity index is 1.69. The van der Waals surface area contributed by atoms with E-state index in [0.29, 0.717) is 27.8 Å². The van der Waals surface area contributed by atoms with Crippen LogP contribution in [0.5, 0.6) is 11.5 Å². The van der Waals surface area contributed by atoms with Crippen molar-refractivity contribution in [2.75, 3.05) is 19.5 Å². The van der Waals surface area contributed by atoms with Gasteiger partial charge in [0.2, 0.25) is 5.82 Å². The van der Waals surface area contributed by atoms with Gasteiger partial charge in [-0.05, 0) is 36.2 Å². The summed E-state index contributed by atoms with van der Waals surface area (Å²) in [6.45, 7) is 1.97. The van der Waals surface area contributed by atoms with E-state index in [1.807, 2.05) is 6.92 Å². The first-order valence-electron chi connectivity index (χ1n) is 8.78. The molecule has 1 heterocycles. The van der Waals surface area contributed by atoms with Crippen LogP contribution in [0.15, 0.2) is 42.7 Å². The van der Waals surface area contributed by atoms with E-state index in [9.17, 15) is 9.90 Å². The molecule has 2 N–H and O–H groups in total. The minimum atomic E-state index is -0.808. The third kappa shape index (κ3) is 4.85. The number of aryl methyl sites for hydroxylation is 1. The quantitative estimate of drug-likeness (QED) is 0.613. The summed E-state index contributed by atoms with van der Waals surface area (Å²) in [7, 11) is 3.07. The van der Waals surface area contributed by atoms with Crippen LogP contribution in [-0.2, 0) is 6.54 Å². The van der Waals surface area contributed by atoms with Crippen molar-refractivity contribution < 1.29 is 19.4 Å². The highest BCUT2D eigenvalue weighted by Gasteiger charge is 2.17. The van der Waals surface area contributed by atoms with Gasteiger partial charge in [0, 0.05) is 11.1 Å². The van der Waals surface area contributed by atoms with Gasteiger partial charge < -0.3 is 19.9 Å². The smallest absolute Gasteiger partial charge is 0.295 e. The number of aliphatic hydroxyl groups is 1. The van der Waals surface area contributed by atoms with E-state index in [-0.39, 0.29) is 12.4 Å². The predicted octanol–water partition coefficient (Wildman–Crippen LogP) is 3.24. The molecule has 9 heteroatoms. The second-order valence-corrected chi connectivity index (χ2v) is 6.74. The minimum absolute atomic E-state index is 0.0263. The van der Waals surface area contributed by atoms with Gasteiger partial charge >= 0.3 is 0 Å². The van der Waals surface area contributed by atoms with Crippen molar-refractivity contribution in [1.29, 1.82) is 0 Å². The molecule has 1 unspecified atom stereocenters. The molecule has 152 valence electrons. The van der Waals surface area contributed by atoms with E-state index >= 15 is 0 Å². The van der Waals surface area contributed by atoms with Crippen LogP contribution < -0.4 is 14.8 Å². The van der Waals surface area contributed by atoms with Crippen molar-refractivity contribution in [3.8, 4) is 11.5 Å². The molecule has 0 aliphatic heterocycles. The maximum Gasteiger partial charge on any atom is 0.295 e. The molecule has 0 fully saturated rings. The number of anilines is 1. The molecule has 29 heavy (non-hydrogen) atoms. The molecule has 0 bridgehead atoms. The molecule has 1 aromatic heterocycles. The highest BCUT2D eigenvalue weighted by molar-refractivity contribution is 6.31. The number of halogens is 1. The lowest BCUT2D eigenvalue weighted by molar-refractivity contribution is 0.101. The summed E-state index contributed by atoms with van der Waals surface area (Å²) in [5, 5.41) is 17.8. The molecule has 0 spiro atoms. The standard InChI is InChI=1S/C20H21ClN4O4/c1-12-8-16(18(29-3)9-15(12)21)23-20(27)19-22-11-25(24-19)10-17(26)13-4-6-14(28-2)7-5-13/h4-9,11,17,26H,10H2,1-3H3,(H,23,27). The van der Waals surface area contributed by atoms with E-state index in [1.54, 1.807) is 43.5 Å². The summed E-state index contributed by atoms with van der Waals surface area (Å²) in [6.07, 6.45) is 0.587. The van der Waals surface area contributed by atoms with Gasteiger partial charge in [-0.25, -0.2) is 9.67 Å². The zero-order valence-electron chi connectivity index (χ0n) is 16.2. The van der Waals surface area contributed by atoms with Gasteiger partial charge in [0.25, 0.3) is 5.91 Å². The number of carbonyl (C=O) groups is 1. The lowest BCUT2D eigenvalue weighted by Gasteiger charge is -2.12. The van der Waals surface area contributed by atoms with Gasteiger partial charge in [-0.15, -0.1) is 5.10 Å². The van der Waals surface area contributed by atoms with Gasteiger partial charge in [0.05, 0.1) is 32.6 Å². The maximum absolute atomic E-state index is 12.5. The van der Waals surface area contributed by atoms with Crippen LogP contribution in [0.1, 0.15) is 27.8 Å². The Labute approximate surface area is 173 Å². The molecule has 0 saturated heterocycles. The predicted molar refractivity (Wildman–Crippen MR) is 109 cm³/mol. The Morgan fingerprint density at radius 3 is 2.62 bits per heavy atom. The number of carbonyl (C=O) groups excluding carboxylic acids is 1. The zero-order valence-corrected chi connectivity index (χ0v) is 17.0. The van der Waals surface area contributed by atoms with E-state index in [1.165, 1.54) is 18.1 Å². The molecule has 1 atom stereocenters. The first-order valence-corrected chi connectivity index (χ1v) is 9.16. The fraction of sp³-hybridized carbons (Fsp3) is 0.250. The Bertz CT molecular complexity index is 1000. The molecule has 3 aromatic rings. The van der Waals surface area contributed by atoms with E-state index in [4.69, 9.17) is 21.1 Å². The molecular formula is C20H21ClN4O4. The number of benzene rings is 2. The average Bonchev–Trinajstić information content (AvgIpc) is 3.19. The second kappa shape index (κ2) is 8.93. The summed E-state index contributed by atoms with van der Waals surface area (Å²) in [6, 6.07) is 10.4. The summed E-state index contributed by atoms with van der Waals surface area (Å²) in [5.74, 6) is 0.612. The van der Waals surface area contributed by atoms with Crippen LogP contribution >= 0.6 is 11.6 Å². The monoisotopic (exact) mass is 416 g/mol. The lowest BCUT2D eigenvalue weighted by Crippen LogP contribution is -2.16. The fourth-order valence-corrected chi connectivity index (χ4v) is 2.86. The molecular weight excluding hydrogens is 396 g/mol. The van der Waals surface area contributed by atoms with Crippen molar-refractivity contribution in [1.82, 2.24) is 14.8 Å². The van der Waals surface area contributed by atoms with Crippen LogP contribution in [0.2, 0.25) is 5.02 Å². The lowest BCUT2D eigenvalue weighted by atomic mass is 10.1. The molecule has 8 nitrogen and oxygen atoms in total. The molecule has 1 amide bonds. The average molecular weight is 417 g/mol. The van der Waals surface area contributed by atoms with Crippen LogP contribution in [0.4, 0.5) is 5.69 Å². The van der Waals surface area contributed by atoms with Gasteiger partial charge in [-0.1, -0.05) is 23.7 Å². The first-order chi connectivity index (χ1) is 13.9. The molecule has 0 aliphatic carbocycles. The Morgan fingerprint density at radius 1 is 1.24 bits per heavy atom. The fourth-order valence-electron chi connectivity index (χ4n) is 2.70. The Kier molecular flexibility index (Phi) is 6.36. The summed E-state index contributed by atoms with van der Waals surface area (Å²) < 4.78 is 11.8. The zero-order chi connectivity index (χ0) is 21.0. The number of aromatic nitrogens is 3. The van der Waals surface area contributed by atoms with Gasteiger partial charge in [0.15, 0.2) is 0 Å². The molecule has 0 aliphatic rings. The van der Waals surface area contributed by atoms with E-state index < -0.39 is 12.0 Å². The van der Waals surface area contributed by atoms with Crippen LogP contribution in [0.25, 0.3) is 0 Å². The number of hydrogen-bond donors (Lipinski definition) is 2. The number of aliphatic hydroxyl groups excluding tert-OH is 1. The number of rotatable bonds is 7. The highest BCUT2D eigenvalue weighted by atomic mass is 35.5. The molecule has 0 radical (unpaired) electrons. The molecule has 2 aromatic carbocycles. The molecule has 0 saturated carbocycles. The Hall–Kier alpha value is -3.10. The van der Waals surface area contributed by atoms with Crippen molar-refractivity contribution in [3.05, 3.63) is 64.7 Å². The number of hydrogen-bond acceptors (Lipinski definition) is 6. The normalized spacial score (nSPS) is 11.8. The van der Waals surface area contributed by atoms with Crippen molar-refractivity contribution in [2.24, 2.45) is 0 Å². The third-order valence-corrected chi connectivity index (χ3v) is 4.74. The summed E-state index contributed by atoms with van der Waals surface area (Å²) in [5.41, 5.74) is 1.96. The second-order valence-electron chi connectivity index (χ2n) is 6.33. The van der Waals surface area contributed by atoms with Gasteiger partial charge in [-0.2, -0.15) is 0 Å². The van der Waals surface area contributed by atoms with Crippen molar-refractivity contribution in [2.45, 2.75) is 19.6 Å². The van der Waals surface area contributed by atoms with E-state index in [0.717, 1.165) is 5.56 Å². The minimum Gasteiger partial charge on any atom is -0.497 e. The van der Waals surface area contributed by atoms with Gasteiger partial charge in [0.1, 0.15) is 17.8 Å². The highest BCUT2D eigenvalue weighted by Crippen LogP contribution is 2.31. The first kappa shape index (κ1) is 20.6. The van der Waals surface area contributed by atoms with E-state index in [2.05, 4.69) is 15.4 Å². The molecule has 3 rings (SSSR count). The third-order valence-electron chi connectivity index (χ3n) is 4.33. The number of methoxy groups -OCH3 is 2. The SMILES string of the molecule is COc1ccc(C(O)Cn2cnc(C(=O)Nc3cc(C)c(Cl)cc3OC)n2)cc1.